The summed E-state index contributed by atoms with van der Waals surface area (Å²) in [6.45, 7) is 1.31. The fourth-order valence-electron chi connectivity index (χ4n) is 2.90. The van der Waals surface area contributed by atoms with Crippen molar-refractivity contribution in [1.29, 1.82) is 0 Å². The van der Waals surface area contributed by atoms with Gasteiger partial charge < -0.3 is 24.9 Å². The lowest BCUT2D eigenvalue weighted by molar-refractivity contribution is -0.127. The van der Waals surface area contributed by atoms with E-state index in [1.54, 1.807) is 26.4 Å². The number of amides is 1. The van der Waals surface area contributed by atoms with Crippen molar-refractivity contribution in [3.8, 4) is 0 Å². The number of nitrogens with zero attached hydrogens (tertiary/aromatic N) is 2. The summed E-state index contributed by atoms with van der Waals surface area (Å²) in [5.41, 5.74) is 1.87. The molecule has 1 amide bonds. The number of halogens is 2. The minimum Gasteiger partial charge on any atom is -0.469 e. The molecule has 2 heterocycles. The molecule has 30 heavy (non-hydrogen) atoms. The van der Waals surface area contributed by atoms with Gasteiger partial charge in [-0.05, 0) is 42.3 Å². The predicted octanol–water partition coefficient (Wildman–Crippen LogP) is 2.93. The fourth-order valence-corrected chi connectivity index (χ4v) is 2.90. The number of carbonyl (C=O) groups is 1. The molecular formula is C21H27FIN5O2. The van der Waals surface area contributed by atoms with Crippen LogP contribution in [0.2, 0.25) is 0 Å². The summed E-state index contributed by atoms with van der Waals surface area (Å²) in [6.07, 6.45) is 4.98. The zero-order valence-corrected chi connectivity index (χ0v) is 19.4. The highest BCUT2D eigenvalue weighted by atomic mass is 127. The Hall–Kier alpha value is -2.56. The lowest BCUT2D eigenvalue weighted by Gasteiger charge is -2.13. The van der Waals surface area contributed by atoms with Gasteiger partial charge >= 0.3 is 0 Å². The van der Waals surface area contributed by atoms with E-state index < -0.39 is 0 Å². The van der Waals surface area contributed by atoms with Gasteiger partial charge in [0, 0.05) is 50.7 Å². The summed E-state index contributed by atoms with van der Waals surface area (Å²) >= 11 is 0. The molecule has 0 radical (unpaired) electrons. The summed E-state index contributed by atoms with van der Waals surface area (Å²) in [5.74, 6) is 1.12. The highest BCUT2D eigenvalue weighted by Crippen LogP contribution is 2.19. The molecule has 0 saturated carbocycles. The van der Waals surface area contributed by atoms with E-state index in [1.165, 1.54) is 17.0 Å². The molecule has 0 saturated heterocycles. The van der Waals surface area contributed by atoms with Gasteiger partial charge in [0.15, 0.2) is 5.96 Å². The van der Waals surface area contributed by atoms with Crippen molar-refractivity contribution in [2.45, 2.75) is 12.8 Å². The SMILES string of the molecule is CN(C)C(=O)CN=C(NCCc1ccco1)NCCc1c[nH]c2cc(F)ccc12.I. The number of rotatable bonds is 8. The maximum absolute atomic E-state index is 13.3. The van der Waals surface area contributed by atoms with Crippen LogP contribution in [0, 0.1) is 5.82 Å². The standard InChI is InChI=1S/C21H26FN5O2.HI/c1-27(2)20(28)14-26-21(24-10-8-17-4-3-11-29-17)23-9-7-15-13-25-19-12-16(22)5-6-18(15)19;/h3-6,11-13,25H,7-10,14H2,1-2H3,(H2,23,24,26);1H. The Morgan fingerprint density at radius 3 is 2.67 bits per heavy atom. The van der Waals surface area contributed by atoms with E-state index in [1.807, 2.05) is 18.3 Å². The molecule has 0 bridgehead atoms. The molecule has 0 aliphatic carbocycles. The fraction of sp³-hybridized carbons (Fsp3) is 0.333. The first-order valence-electron chi connectivity index (χ1n) is 9.53. The smallest absolute Gasteiger partial charge is 0.243 e. The average molecular weight is 527 g/mol. The quantitative estimate of drug-likeness (QED) is 0.239. The van der Waals surface area contributed by atoms with Gasteiger partial charge in [0.05, 0.1) is 6.26 Å². The van der Waals surface area contributed by atoms with Crippen molar-refractivity contribution in [2.75, 3.05) is 33.7 Å². The zero-order chi connectivity index (χ0) is 20.6. The first-order chi connectivity index (χ1) is 14.0. The first kappa shape index (κ1) is 23.7. The topological polar surface area (TPSA) is 85.7 Å². The molecule has 7 nitrogen and oxygen atoms in total. The maximum atomic E-state index is 13.3. The van der Waals surface area contributed by atoms with Gasteiger partial charge in [-0.1, -0.05) is 0 Å². The molecular weight excluding hydrogens is 500 g/mol. The number of carbonyl (C=O) groups excluding carboxylic acids is 1. The third-order valence-electron chi connectivity index (χ3n) is 4.53. The van der Waals surface area contributed by atoms with Crippen molar-refractivity contribution >= 4 is 46.7 Å². The van der Waals surface area contributed by atoms with E-state index in [9.17, 15) is 9.18 Å². The third-order valence-corrected chi connectivity index (χ3v) is 4.53. The highest BCUT2D eigenvalue weighted by molar-refractivity contribution is 14.0. The number of fused-ring (bicyclic) bond motifs is 1. The van der Waals surface area contributed by atoms with Crippen molar-refractivity contribution in [3.05, 3.63) is 59.9 Å². The van der Waals surface area contributed by atoms with Crippen LogP contribution in [-0.4, -0.2) is 55.5 Å². The summed E-state index contributed by atoms with van der Waals surface area (Å²) in [7, 11) is 3.41. The predicted molar refractivity (Wildman–Crippen MR) is 127 cm³/mol. The number of likely N-dealkylation sites (N-methyl/N-ethyl adjacent to an activating group) is 1. The monoisotopic (exact) mass is 527 g/mol. The number of aromatic amines is 1. The summed E-state index contributed by atoms with van der Waals surface area (Å²) < 4.78 is 18.7. The third kappa shape index (κ3) is 6.75. The summed E-state index contributed by atoms with van der Waals surface area (Å²) in [6, 6.07) is 8.50. The van der Waals surface area contributed by atoms with E-state index in [-0.39, 0.29) is 42.2 Å². The number of guanidine groups is 1. The van der Waals surface area contributed by atoms with Gasteiger partial charge in [-0.3, -0.25) is 4.79 Å². The van der Waals surface area contributed by atoms with Crippen LogP contribution in [0.5, 0.6) is 0 Å². The van der Waals surface area contributed by atoms with Crippen LogP contribution in [-0.2, 0) is 17.6 Å². The average Bonchev–Trinajstić information content (AvgIpc) is 3.35. The van der Waals surface area contributed by atoms with E-state index in [2.05, 4.69) is 20.6 Å². The van der Waals surface area contributed by atoms with E-state index in [0.717, 1.165) is 28.6 Å². The summed E-state index contributed by atoms with van der Waals surface area (Å²) in [5, 5.41) is 7.49. The van der Waals surface area contributed by atoms with Gasteiger partial charge in [0.25, 0.3) is 0 Å². The van der Waals surface area contributed by atoms with Gasteiger partial charge in [0.2, 0.25) is 5.91 Å². The Kier molecular flexibility index (Phi) is 9.15. The molecule has 2 aromatic heterocycles. The second-order valence-corrected chi connectivity index (χ2v) is 6.89. The van der Waals surface area contributed by atoms with Crippen LogP contribution in [0.1, 0.15) is 11.3 Å². The van der Waals surface area contributed by atoms with Gasteiger partial charge in [0.1, 0.15) is 18.1 Å². The molecule has 3 N–H and O–H groups in total. The van der Waals surface area contributed by atoms with Crippen LogP contribution in [0.15, 0.2) is 52.2 Å². The molecule has 1 aromatic carbocycles. The number of H-pyrrole nitrogens is 1. The lowest BCUT2D eigenvalue weighted by Crippen LogP contribution is -2.40. The second-order valence-electron chi connectivity index (χ2n) is 6.89. The molecule has 0 aliphatic heterocycles. The highest BCUT2D eigenvalue weighted by Gasteiger charge is 2.07. The number of furan rings is 1. The number of aliphatic imine (C=N–C) groups is 1. The Balaban J connectivity index is 0.00000320. The number of hydrogen-bond donors (Lipinski definition) is 3. The van der Waals surface area contributed by atoms with Crippen LogP contribution >= 0.6 is 24.0 Å². The van der Waals surface area contributed by atoms with Gasteiger partial charge in [-0.15, -0.1) is 24.0 Å². The van der Waals surface area contributed by atoms with E-state index in [4.69, 9.17) is 4.42 Å². The number of hydrogen-bond acceptors (Lipinski definition) is 3. The Morgan fingerprint density at radius 1 is 1.20 bits per heavy atom. The number of benzene rings is 1. The van der Waals surface area contributed by atoms with Crippen LogP contribution in [0.25, 0.3) is 10.9 Å². The minimum atomic E-state index is -0.259. The van der Waals surface area contributed by atoms with Gasteiger partial charge in [-0.25, -0.2) is 9.38 Å². The van der Waals surface area contributed by atoms with E-state index >= 15 is 0 Å². The second kappa shape index (κ2) is 11.6. The maximum Gasteiger partial charge on any atom is 0.243 e. The van der Waals surface area contributed by atoms with Crippen molar-refractivity contribution in [1.82, 2.24) is 20.5 Å². The minimum absolute atomic E-state index is 0. The molecule has 3 aromatic rings. The van der Waals surface area contributed by atoms with Crippen LogP contribution in [0.3, 0.4) is 0 Å². The largest absolute Gasteiger partial charge is 0.469 e. The van der Waals surface area contributed by atoms with Gasteiger partial charge in [-0.2, -0.15) is 0 Å². The van der Waals surface area contributed by atoms with Crippen LogP contribution in [0.4, 0.5) is 4.39 Å². The normalized spacial score (nSPS) is 11.2. The molecule has 3 rings (SSSR count). The first-order valence-corrected chi connectivity index (χ1v) is 9.53. The zero-order valence-electron chi connectivity index (χ0n) is 17.1. The Bertz CT molecular complexity index is 969. The molecule has 0 spiro atoms. The van der Waals surface area contributed by atoms with Crippen molar-refractivity contribution in [3.63, 3.8) is 0 Å². The molecule has 162 valence electrons. The lowest BCUT2D eigenvalue weighted by atomic mass is 10.1. The van der Waals surface area contributed by atoms with Crippen molar-refractivity contribution < 1.29 is 13.6 Å². The molecule has 0 unspecified atom stereocenters. The summed E-state index contributed by atoms with van der Waals surface area (Å²) in [4.78, 5) is 20.8. The molecule has 0 aliphatic rings. The van der Waals surface area contributed by atoms with Crippen LogP contribution < -0.4 is 10.6 Å². The molecule has 0 atom stereocenters. The molecule has 9 heteroatoms. The Labute approximate surface area is 192 Å². The van der Waals surface area contributed by atoms with Crippen molar-refractivity contribution in [2.24, 2.45) is 4.99 Å². The molecule has 0 fully saturated rings. The number of nitrogens with one attached hydrogen (secondary N) is 3. The number of aromatic nitrogens is 1. The Morgan fingerprint density at radius 2 is 1.97 bits per heavy atom. The van der Waals surface area contributed by atoms with E-state index in [0.29, 0.717) is 25.5 Å².